The molecule has 0 aliphatic carbocycles. The van der Waals surface area contributed by atoms with E-state index in [1.54, 1.807) is 29.2 Å². The number of carbonyl (C=O) groups excluding carboxylic acids is 3. The van der Waals surface area contributed by atoms with Crippen LogP contribution in [0.2, 0.25) is 0 Å². The highest BCUT2D eigenvalue weighted by Crippen LogP contribution is 2.28. The molecular weight excluding hydrogens is 328 g/mol. The lowest BCUT2D eigenvalue weighted by Crippen LogP contribution is -2.42. The summed E-state index contributed by atoms with van der Waals surface area (Å²) in [5, 5.41) is 0. The molecule has 2 aliphatic heterocycles. The van der Waals surface area contributed by atoms with E-state index in [4.69, 9.17) is 0 Å². The Labute approximate surface area is 152 Å². The summed E-state index contributed by atoms with van der Waals surface area (Å²) in [6, 6.07) is 12.3. The number of hydrogen-bond acceptors (Lipinski definition) is 3. The van der Waals surface area contributed by atoms with Gasteiger partial charge in [0.05, 0.1) is 17.2 Å². The summed E-state index contributed by atoms with van der Waals surface area (Å²) < 4.78 is 0. The maximum atomic E-state index is 12.8. The molecule has 3 amide bonds. The minimum atomic E-state index is -0.266. The van der Waals surface area contributed by atoms with Crippen molar-refractivity contribution in [1.82, 2.24) is 9.80 Å². The molecule has 5 nitrogen and oxygen atoms in total. The molecule has 2 aromatic carbocycles. The van der Waals surface area contributed by atoms with Crippen LogP contribution in [0.3, 0.4) is 0 Å². The van der Waals surface area contributed by atoms with Crippen molar-refractivity contribution in [2.24, 2.45) is 0 Å². The van der Waals surface area contributed by atoms with Gasteiger partial charge in [-0.1, -0.05) is 18.2 Å². The zero-order valence-electron chi connectivity index (χ0n) is 14.9. The standard InChI is InChI=1S/C21H20N2O3/c1-13-7-8-15(11-14(13)2)19(24)22-10-9-16(12-22)23-20(25)17-5-3-4-6-18(17)21(23)26/h3-8,11,16H,9-10,12H2,1-2H3. The zero-order valence-corrected chi connectivity index (χ0v) is 14.9. The molecule has 1 fully saturated rings. The molecule has 0 bridgehead atoms. The minimum absolute atomic E-state index is 0.0489. The van der Waals surface area contributed by atoms with Crippen LogP contribution in [0.5, 0.6) is 0 Å². The molecule has 0 saturated carbocycles. The first-order valence-electron chi connectivity index (χ1n) is 8.81. The second-order valence-corrected chi connectivity index (χ2v) is 7.02. The summed E-state index contributed by atoms with van der Waals surface area (Å²) in [6.07, 6.45) is 0.613. The van der Waals surface area contributed by atoms with E-state index in [2.05, 4.69) is 0 Å². The van der Waals surface area contributed by atoms with E-state index < -0.39 is 0 Å². The number of imide groups is 1. The summed E-state index contributed by atoms with van der Waals surface area (Å²) in [5.41, 5.74) is 3.78. The van der Waals surface area contributed by atoms with Crippen LogP contribution in [0.4, 0.5) is 0 Å². The van der Waals surface area contributed by atoms with Gasteiger partial charge in [-0.15, -0.1) is 0 Å². The van der Waals surface area contributed by atoms with Crippen molar-refractivity contribution in [2.45, 2.75) is 26.3 Å². The van der Waals surface area contributed by atoms with Crippen LogP contribution in [-0.2, 0) is 0 Å². The van der Waals surface area contributed by atoms with E-state index in [0.29, 0.717) is 36.2 Å². The Morgan fingerprint density at radius 3 is 2.23 bits per heavy atom. The molecule has 26 heavy (non-hydrogen) atoms. The van der Waals surface area contributed by atoms with E-state index in [1.165, 1.54) is 4.90 Å². The number of rotatable bonds is 2. The third kappa shape index (κ3) is 2.51. The largest absolute Gasteiger partial charge is 0.336 e. The first kappa shape index (κ1) is 16.5. The molecular formula is C21H20N2O3. The Hall–Kier alpha value is -2.95. The van der Waals surface area contributed by atoms with E-state index >= 15 is 0 Å². The first-order chi connectivity index (χ1) is 12.5. The van der Waals surface area contributed by atoms with Crippen LogP contribution in [-0.4, -0.2) is 46.7 Å². The second kappa shape index (κ2) is 6.09. The van der Waals surface area contributed by atoms with Crippen molar-refractivity contribution in [2.75, 3.05) is 13.1 Å². The van der Waals surface area contributed by atoms with Gasteiger partial charge in [-0.25, -0.2) is 0 Å². The van der Waals surface area contributed by atoms with Gasteiger partial charge in [-0.2, -0.15) is 0 Å². The van der Waals surface area contributed by atoms with Crippen LogP contribution in [0.15, 0.2) is 42.5 Å². The molecule has 1 atom stereocenters. The predicted octanol–water partition coefficient (Wildman–Crippen LogP) is 2.81. The lowest BCUT2D eigenvalue weighted by Gasteiger charge is -2.22. The Morgan fingerprint density at radius 1 is 0.962 bits per heavy atom. The number of amides is 3. The number of carbonyl (C=O) groups is 3. The number of benzene rings is 2. The number of aryl methyl sites for hydroxylation is 2. The van der Waals surface area contributed by atoms with Gasteiger partial charge < -0.3 is 4.90 Å². The van der Waals surface area contributed by atoms with Crippen LogP contribution in [0.25, 0.3) is 0 Å². The zero-order chi connectivity index (χ0) is 18.4. The first-order valence-corrected chi connectivity index (χ1v) is 8.81. The second-order valence-electron chi connectivity index (χ2n) is 7.02. The topological polar surface area (TPSA) is 57.7 Å². The molecule has 132 valence electrons. The van der Waals surface area contributed by atoms with Gasteiger partial charge in [0.15, 0.2) is 0 Å². The third-order valence-corrected chi connectivity index (χ3v) is 5.40. The van der Waals surface area contributed by atoms with Gasteiger partial charge in [0.2, 0.25) is 0 Å². The molecule has 0 spiro atoms. The molecule has 1 saturated heterocycles. The molecule has 0 radical (unpaired) electrons. The quantitative estimate of drug-likeness (QED) is 0.784. The van der Waals surface area contributed by atoms with Gasteiger partial charge in [-0.05, 0) is 55.7 Å². The monoisotopic (exact) mass is 348 g/mol. The van der Waals surface area contributed by atoms with Crippen LogP contribution >= 0.6 is 0 Å². The Morgan fingerprint density at radius 2 is 1.62 bits per heavy atom. The van der Waals surface area contributed by atoms with E-state index in [9.17, 15) is 14.4 Å². The van der Waals surface area contributed by atoms with E-state index in [0.717, 1.165) is 11.1 Å². The fourth-order valence-electron chi connectivity index (χ4n) is 3.73. The number of likely N-dealkylation sites (tertiary alicyclic amines) is 1. The molecule has 2 heterocycles. The molecule has 2 aromatic rings. The summed E-state index contributed by atoms with van der Waals surface area (Å²) in [7, 11) is 0. The molecule has 5 heteroatoms. The van der Waals surface area contributed by atoms with Crippen molar-refractivity contribution >= 4 is 17.7 Å². The molecule has 2 aliphatic rings. The lowest BCUT2D eigenvalue weighted by molar-refractivity contribution is 0.0574. The highest BCUT2D eigenvalue weighted by Gasteiger charge is 2.42. The molecule has 0 N–H and O–H groups in total. The normalized spacial score (nSPS) is 19.2. The fraction of sp³-hybridized carbons (Fsp3) is 0.286. The maximum Gasteiger partial charge on any atom is 0.261 e. The van der Waals surface area contributed by atoms with Crippen molar-refractivity contribution in [3.8, 4) is 0 Å². The van der Waals surface area contributed by atoms with E-state index in [-0.39, 0.29) is 23.8 Å². The summed E-state index contributed by atoms with van der Waals surface area (Å²) in [4.78, 5) is 41.1. The SMILES string of the molecule is Cc1ccc(C(=O)N2CCC(N3C(=O)c4ccccc4C3=O)C2)cc1C. The number of hydrogen-bond donors (Lipinski definition) is 0. The minimum Gasteiger partial charge on any atom is -0.336 e. The predicted molar refractivity (Wildman–Crippen MR) is 97.2 cm³/mol. The molecule has 4 rings (SSSR count). The highest BCUT2D eigenvalue weighted by atomic mass is 16.2. The average molecular weight is 348 g/mol. The van der Waals surface area contributed by atoms with Crippen molar-refractivity contribution in [1.29, 1.82) is 0 Å². The summed E-state index contributed by atoms with van der Waals surface area (Å²) in [6.45, 7) is 4.93. The third-order valence-electron chi connectivity index (χ3n) is 5.40. The van der Waals surface area contributed by atoms with Gasteiger partial charge in [0.25, 0.3) is 17.7 Å². The molecule has 1 unspecified atom stereocenters. The van der Waals surface area contributed by atoms with Crippen molar-refractivity contribution < 1.29 is 14.4 Å². The average Bonchev–Trinajstić information content (AvgIpc) is 3.21. The summed E-state index contributed by atoms with van der Waals surface area (Å²) >= 11 is 0. The number of nitrogens with zero attached hydrogens (tertiary/aromatic N) is 2. The van der Waals surface area contributed by atoms with E-state index in [1.807, 2.05) is 32.0 Å². The number of fused-ring (bicyclic) bond motifs is 1. The van der Waals surface area contributed by atoms with Crippen LogP contribution in [0, 0.1) is 13.8 Å². The van der Waals surface area contributed by atoms with Gasteiger partial charge >= 0.3 is 0 Å². The highest BCUT2D eigenvalue weighted by molar-refractivity contribution is 6.21. The van der Waals surface area contributed by atoms with Gasteiger partial charge in [0, 0.05) is 18.7 Å². The Balaban J connectivity index is 1.52. The fourth-order valence-corrected chi connectivity index (χ4v) is 3.73. The van der Waals surface area contributed by atoms with Gasteiger partial charge in [0.1, 0.15) is 0 Å². The Kier molecular flexibility index (Phi) is 3.87. The summed E-state index contributed by atoms with van der Waals surface area (Å²) in [5.74, 6) is -0.556. The van der Waals surface area contributed by atoms with Gasteiger partial charge in [-0.3, -0.25) is 19.3 Å². The lowest BCUT2D eigenvalue weighted by atomic mass is 10.1. The van der Waals surface area contributed by atoms with Crippen molar-refractivity contribution in [3.05, 3.63) is 70.3 Å². The maximum absolute atomic E-state index is 12.8. The van der Waals surface area contributed by atoms with Crippen LogP contribution in [0.1, 0.15) is 48.6 Å². The van der Waals surface area contributed by atoms with Crippen molar-refractivity contribution in [3.63, 3.8) is 0 Å². The van der Waals surface area contributed by atoms with Crippen LogP contribution < -0.4 is 0 Å². The smallest absolute Gasteiger partial charge is 0.261 e. The molecule has 0 aromatic heterocycles. The Bertz CT molecular complexity index is 900.